The van der Waals surface area contributed by atoms with E-state index >= 15 is 0 Å². The van der Waals surface area contributed by atoms with Gasteiger partial charge in [-0.15, -0.1) is 11.3 Å². The molecular formula is C17H20Cl2N2S. The van der Waals surface area contributed by atoms with Crippen molar-refractivity contribution in [3.8, 4) is 0 Å². The molecule has 5 heteroatoms. The average Bonchev–Trinajstić information content (AvgIpc) is 2.90. The van der Waals surface area contributed by atoms with Crippen molar-refractivity contribution in [2.75, 3.05) is 13.1 Å². The molecule has 0 radical (unpaired) electrons. The molecule has 1 N–H and O–H groups in total. The Morgan fingerprint density at radius 2 is 1.86 bits per heavy atom. The molecule has 2 nitrogen and oxygen atoms in total. The number of hydrogen-bond acceptors (Lipinski definition) is 3. The van der Waals surface area contributed by atoms with Gasteiger partial charge < -0.3 is 5.32 Å². The Balaban J connectivity index is 1.83. The number of aromatic nitrogens is 1. The molecule has 1 fully saturated rings. The summed E-state index contributed by atoms with van der Waals surface area (Å²) < 4.78 is 0. The summed E-state index contributed by atoms with van der Waals surface area (Å²) in [5.74, 6) is 0.672. The molecule has 0 unspecified atom stereocenters. The molecule has 1 aliphatic rings. The van der Waals surface area contributed by atoms with Crippen molar-refractivity contribution in [3.63, 3.8) is 0 Å². The van der Waals surface area contributed by atoms with Gasteiger partial charge in [-0.1, -0.05) is 30.1 Å². The van der Waals surface area contributed by atoms with E-state index in [-0.39, 0.29) is 0 Å². The van der Waals surface area contributed by atoms with Crippen molar-refractivity contribution >= 4 is 34.5 Å². The zero-order chi connectivity index (χ0) is 15.5. The second kappa shape index (κ2) is 7.31. The van der Waals surface area contributed by atoms with E-state index in [1.807, 2.05) is 23.5 Å². The molecule has 1 aromatic carbocycles. The average molecular weight is 355 g/mol. The maximum atomic E-state index is 6.09. The lowest BCUT2D eigenvalue weighted by Gasteiger charge is -2.22. The van der Waals surface area contributed by atoms with Crippen LogP contribution in [0.25, 0.3) is 0 Å². The number of aryl methyl sites for hydroxylation is 1. The molecule has 0 amide bonds. The van der Waals surface area contributed by atoms with Crippen LogP contribution in [0.4, 0.5) is 0 Å². The predicted molar refractivity (Wildman–Crippen MR) is 95.6 cm³/mol. The van der Waals surface area contributed by atoms with Crippen molar-refractivity contribution in [3.05, 3.63) is 49.4 Å². The normalized spacial score (nSPS) is 16.1. The molecule has 22 heavy (non-hydrogen) atoms. The highest BCUT2D eigenvalue weighted by Crippen LogP contribution is 2.34. The number of benzene rings is 1. The second-order valence-electron chi connectivity index (χ2n) is 5.75. The summed E-state index contributed by atoms with van der Waals surface area (Å²) in [7, 11) is 0. The summed E-state index contributed by atoms with van der Waals surface area (Å²) in [5, 5.41) is 5.98. The second-order valence-corrected chi connectivity index (χ2v) is 7.74. The monoisotopic (exact) mass is 354 g/mol. The van der Waals surface area contributed by atoms with E-state index in [0.717, 1.165) is 31.5 Å². The van der Waals surface area contributed by atoms with Gasteiger partial charge >= 0.3 is 0 Å². The molecule has 0 bridgehead atoms. The molecule has 0 aliphatic carbocycles. The summed E-state index contributed by atoms with van der Waals surface area (Å²) in [6.07, 6.45) is 4.25. The maximum Gasteiger partial charge on any atom is 0.0975 e. The number of nitrogens with zero attached hydrogens (tertiary/aromatic N) is 1. The first-order valence-electron chi connectivity index (χ1n) is 7.80. The van der Waals surface area contributed by atoms with Crippen LogP contribution >= 0.6 is 34.5 Å². The molecule has 0 spiro atoms. The van der Waals surface area contributed by atoms with Crippen LogP contribution in [0.3, 0.4) is 0 Å². The highest BCUT2D eigenvalue weighted by Gasteiger charge is 2.21. The minimum absolute atomic E-state index is 0.672. The molecule has 1 saturated heterocycles. The van der Waals surface area contributed by atoms with E-state index in [9.17, 15) is 0 Å². The van der Waals surface area contributed by atoms with E-state index < -0.39 is 0 Å². The Labute approximate surface area is 145 Å². The third-order valence-corrected chi connectivity index (χ3v) is 5.79. The van der Waals surface area contributed by atoms with E-state index in [1.54, 1.807) is 6.07 Å². The fourth-order valence-corrected chi connectivity index (χ4v) is 4.96. The Morgan fingerprint density at radius 1 is 1.18 bits per heavy atom. The SMILES string of the molecule is CCc1nc(Cc2cc(Cl)cc(Cl)c2)sc1C1CCNCC1. The molecule has 1 aliphatic heterocycles. The molecule has 0 atom stereocenters. The molecule has 1 aromatic heterocycles. The Bertz CT molecular complexity index is 628. The van der Waals surface area contributed by atoms with Gasteiger partial charge in [0.15, 0.2) is 0 Å². The Hall–Kier alpha value is -0.610. The zero-order valence-electron chi connectivity index (χ0n) is 12.7. The van der Waals surface area contributed by atoms with Gasteiger partial charge in [0.25, 0.3) is 0 Å². The van der Waals surface area contributed by atoms with Crippen LogP contribution in [0, 0.1) is 0 Å². The van der Waals surface area contributed by atoms with Crippen molar-refractivity contribution in [1.29, 1.82) is 0 Å². The molecule has 3 rings (SSSR count). The van der Waals surface area contributed by atoms with Crippen LogP contribution in [-0.2, 0) is 12.8 Å². The van der Waals surface area contributed by atoms with Crippen LogP contribution in [0.2, 0.25) is 10.0 Å². The molecule has 2 heterocycles. The zero-order valence-corrected chi connectivity index (χ0v) is 15.0. The largest absolute Gasteiger partial charge is 0.317 e. The van der Waals surface area contributed by atoms with Gasteiger partial charge in [-0.25, -0.2) is 4.98 Å². The van der Waals surface area contributed by atoms with Crippen LogP contribution in [0.15, 0.2) is 18.2 Å². The van der Waals surface area contributed by atoms with E-state index in [2.05, 4.69) is 12.2 Å². The molecule has 2 aromatic rings. The predicted octanol–water partition coefficient (Wildman–Crippen LogP) is 5.07. The van der Waals surface area contributed by atoms with Gasteiger partial charge in [0.2, 0.25) is 0 Å². The number of piperidine rings is 1. The third-order valence-electron chi connectivity index (χ3n) is 4.09. The minimum atomic E-state index is 0.672. The van der Waals surface area contributed by atoms with Crippen LogP contribution in [0.1, 0.15) is 46.8 Å². The quantitative estimate of drug-likeness (QED) is 0.828. The first-order valence-corrected chi connectivity index (χ1v) is 9.37. The smallest absolute Gasteiger partial charge is 0.0975 e. The van der Waals surface area contributed by atoms with E-state index in [0.29, 0.717) is 16.0 Å². The van der Waals surface area contributed by atoms with Gasteiger partial charge in [-0.3, -0.25) is 0 Å². The summed E-state index contributed by atoms with van der Waals surface area (Å²) >= 11 is 14.1. The van der Waals surface area contributed by atoms with Gasteiger partial charge in [0.1, 0.15) is 0 Å². The van der Waals surface area contributed by atoms with Crippen molar-refractivity contribution in [1.82, 2.24) is 10.3 Å². The summed E-state index contributed by atoms with van der Waals surface area (Å²) in [5.41, 5.74) is 2.41. The number of nitrogens with one attached hydrogen (secondary N) is 1. The van der Waals surface area contributed by atoms with E-state index in [1.165, 1.54) is 28.4 Å². The van der Waals surface area contributed by atoms with Gasteiger partial charge in [0, 0.05) is 21.3 Å². The first-order chi connectivity index (χ1) is 10.7. The number of rotatable bonds is 4. The fraction of sp³-hybridized carbons (Fsp3) is 0.471. The van der Waals surface area contributed by atoms with E-state index in [4.69, 9.17) is 28.2 Å². The molecule has 0 saturated carbocycles. The lowest BCUT2D eigenvalue weighted by Crippen LogP contribution is -2.26. The first kappa shape index (κ1) is 16.3. The highest BCUT2D eigenvalue weighted by molar-refractivity contribution is 7.11. The lowest BCUT2D eigenvalue weighted by atomic mass is 9.95. The van der Waals surface area contributed by atoms with Gasteiger partial charge in [-0.2, -0.15) is 0 Å². The van der Waals surface area contributed by atoms with Crippen LogP contribution < -0.4 is 5.32 Å². The topological polar surface area (TPSA) is 24.9 Å². The number of halogens is 2. The summed E-state index contributed by atoms with van der Waals surface area (Å²) in [6.45, 7) is 4.43. The van der Waals surface area contributed by atoms with Crippen molar-refractivity contribution in [2.45, 2.75) is 38.5 Å². The highest BCUT2D eigenvalue weighted by atomic mass is 35.5. The minimum Gasteiger partial charge on any atom is -0.317 e. The third kappa shape index (κ3) is 3.83. The van der Waals surface area contributed by atoms with Gasteiger partial charge in [0.05, 0.1) is 10.7 Å². The fourth-order valence-electron chi connectivity index (χ4n) is 3.03. The van der Waals surface area contributed by atoms with Crippen LogP contribution in [0.5, 0.6) is 0 Å². The maximum absolute atomic E-state index is 6.09. The van der Waals surface area contributed by atoms with Crippen LogP contribution in [-0.4, -0.2) is 18.1 Å². The standard InChI is InChI=1S/C17H20Cl2N2S/c1-2-15-17(12-3-5-20-6-4-12)22-16(21-15)9-11-7-13(18)10-14(19)8-11/h7-8,10,12,20H,2-6,9H2,1H3. The molecular weight excluding hydrogens is 335 g/mol. The number of thiazole rings is 1. The number of hydrogen-bond donors (Lipinski definition) is 1. The van der Waals surface area contributed by atoms with Crippen molar-refractivity contribution in [2.24, 2.45) is 0 Å². The lowest BCUT2D eigenvalue weighted by molar-refractivity contribution is 0.463. The van der Waals surface area contributed by atoms with Crippen molar-refractivity contribution < 1.29 is 0 Å². The Kier molecular flexibility index (Phi) is 5.40. The molecule has 118 valence electrons. The van der Waals surface area contributed by atoms with Gasteiger partial charge in [-0.05, 0) is 62.0 Å². The Morgan fingerprint density at radius 3 is 2.50 bits per heavy atom. The summed E-state index contributed by atoms with van der Waals surface area (Å²) in [4.78, 5) is 6.36. The summed E-state index contributed by atoms with van der Waals surface area (Å²) in [6, 6.07) is 5.72.